The van der Waals surface area contributed by atoms with Crippen molar-refractivity contribution in [3.63, 3.8) is 0 Å². The lowest BCUT2D eigenvalue weighted by molar-refractivity contribution is -0.137. The first kappa shape index (κ1) is 20.7. The van der Waals surface area contributed by atoms with Crippen molar-refractivity contribution in [2.24, 2.45) is 5.92 Å². The first-order valence-electron chi connectivity index (χ1n) is 9.17. The van der Waals surface area contributed by atoms with Gasteiger partial charge in [-0.05, 0) is 63.7 Å². The number of benzene rings is 2. The lowest BCUT2D eigenvalue weighted by Gasteiger charge is -2.21. The Morgan fingerprint density at radius 2 is 1.89 bits per heavy atom. The summed E-state index contributed by atoms with van der Waals surface area (Å²) in [5, 5.41) is 2.95. The number of halogens is 4. The second-order valence-corrected chi connectivity index (χ2v) is 8.33. The van der Waals surface area contributed by atoms with Gasteiger partial charge in [0.2, 0.25) is 5.91 Å². The lowest BCUT2D eigenvalue weighted by atomic mass is 10.1. The Labute approximate surface area is 171 Å². The molecule has 28 heavy (non-hydrogen) atoms. The summed E-state index contributed by atoms with van der Waals surface area (Å²) in [6.07, 6.45) is -3.03. The topological polar surface area (TPSA) is 32.3 Å². The summed E-state index contributed by atoms with van der Waals surface area (Å²) >= 11 is 3.52. The number of rotatable bonds is 5. The molecule has 1 heterocycles. The highest BCUT2D eigenvalue weighted by Gasteiger charge is 2.30. The van der Waals surface area contributed by atoms with Crippen molar-refractivity contribution >= 4 is 33.2 Å². The Hall–Kier alpha value is -2.02. The number of nitrogens with one attached hydrogen (secondary N) is 1. The zero-order valence-corrected chi connectivity index (χ0v) is 17.3. The van der Waals surface area contributed by atoms with E-state index in [1.807, 2.05) is 26.0 Å². The number of hydrogen-bond acceptors (Lipinski definition) is 2. The molecule has 0 atom stereocenters. The van der Waals surface area contributed by atoms with Gasteiger partial charge in [0.1, 0.15) is 0 Å². The fourth-order valence-electron chi connectivity index (χ4n) is 3.33. The van der Waals surface area contributed by atoms with Gasteiger partial charge in [0.15, 0.2) is 0 Å². The largest absolute Gasteiger partial charge is 0.416 e. The molecule has 7 heteroatoms. The molecule has 2 aromatic carbocycles. The molecule has 150 valence electrons. The first-order chi connectivity index (χ1) is 13.1. The Bertz CT molecular complexity index is 863. The molecule has 1 N–H and O–H groups in total. The van der Waals surface area contributed by atoms with Crippen LogP contribution in [0.5, 0.6) is 0 Å². The van der Waals surface area contributed by atoms with Gasteiger partial charge < -0.3 is 10.2 Å². The van der Waals surface area contributed by atoms with E-state index in [2.05, 4.69) is 26.1 Å². The van der Waals surface area contributed by atoms with Crippen LogP contribution in [0.4, 0.5) is 24.5 Å². The van der Waals surface area contributed by atoms with Crippen LogP contribution < -0.4 is 10.2 Å². The number of carbonyl (C=O) groups is 1. The second kappa shape index (κ2) is 8.15. The van der Waals surface area contributed by atoms with Gasteiger partial charge in [-0.3, -0.25) is 4.79 Å². The van der Waals surface area contributed by atoms with Crippen molar-refractivity contribution in [1.29, 1.82) is 0 Å². The molecule has 0 bridgehead atoms. The van der Waals surface area contributed by atoms with Crippen LogP contribution in [0, 0.1) is 5.92 Å². The van der Waals surface area contributed by atoms with E-state index < -0.39 is 11.7 Å². The summed E-state index contributed by atoms with van der Waals surface area (Å²) in [6.45, 7) is 5.32. The second-order valence-electron chi connectivity index (χ2n) is 7.47. The molecule has 0 aliphatic carbocycles. The van der Waals surface area contributed by atoms with Crippen LogP contribution in [-0.4, -0.2) is 12.5 Å². The molecule has 2 aromatic rings. The molecule has 0 fully saturated rings. The lowest BCUT2D eigenvalue weighted by Crippen LogP contribution is -2.20. The number of carbonyl (C=O) groups excluding carboxylic acids is 1. The summed E-state index contributed by atoms with van der Waals surface area (Å²) in [4.78, 5) is 14.2. The summed E-state index contributed by atoms with van der Waals surface area (Å²) in [5.41, 5.74) is 3.10. The molecule has 3 rings (SSSR count). The standard InChI is InChI=1S/C21H22BrF3N2O/c1-13(2)9-20(28)26-18-10-15-7-8-27(19(15)11-17(18)22)12-14-3-5-16(6-4-14)21(23,24)25/h3-6,10-11,13H,7-9,12H2,1-2H3,(H,26,28). The van der Waals surface area contributed by atoms with Crippen LogP contribution in [-0.2, 0) is 23.9 Å². The van der Waals surface area contributed by atoms with Gasteiger partial charge in [-0.2, -0.15) is 13.2 Å². The zero-order chi connectivity index (χ0) is 20.5. The predicted octanol–water partition coefficient (Wildman–Crippen LogP) is 6.02. The van der Waals surface area contributed by atoms with Gasteiger partial charge in [0.25, 0.3) is 0 Å². The number of fused-ring (bicyclic) bond motifs is 1. The normalized spacial score (nSPS) is 13.8. The van der Waals surface area contributed by atoms with Crippen molar-refractivity contribution in [2.45, 2.75) is 39.4 Å². The number of nitrogens with zero attached hydrogens (tertiary/aromatic N) is 1. The van der Waals surface area contributed by atoms with Crippen LogP contribution in [0.15, 0.2) is 40.9 Å². The van der Waals surface area contributed by atoms with Gasteiger partial charge >= 0.3 is 6.18 Å². The average Bonchev–Trinajstić information content (AvgIpc) is 2.96. The average molecular weight is 455 g/mol. The van der Waals surface area contributed by atoms with Crippen LogP contribution in [0.25, 0.3) is 0 Å². The Morgan fingerprint density at radius 1 is 1.21 bits per heavy atom. The van der Waals surface area contributed by atoms with Gasteiger partial charge in [0, 0.05) is 29.7 Å². The van der Waals surface area contributed by atoms with E-state index in [0.29, 0.717) is 13.0 Å². The predicted molar refractivity (Wildman–Crippen MR) is 108 cm³/mol. The number of alkyl halides is 3. The highest BCUT2D eigenvalue weighted by molar-refractivity contribution is 9.10. The van der Waals surface area contributed by atoms with Crippen molar-refractivity contribution in [2.75, 3.05) is 16.8 Å². The molecule has 3 nitrogen and oxygen atoms in total. The fraction of sp³-hybridized carbons (Fsp3) is 0.381. The smallest absolute Gasteiger partial charge is 0.367 e. The minimum absolute atomic E-state index is 0.0183. The molecule has 0 unspecified atom stereocenters. The highest BCUT2D eigenvalue weighted by atomic mass is 79.9. The van der Waals surface area contributed by atoms with E-state index in [-0.39, 0.29) is 11.8 Å². The maximum Gasteiger partial charge on any atom is 0.416 e. The summed E-state index contributed by atoms with van der Waals surface area (Å²) in [6, 6.07) is 9.24. The summed E-state index contributed by atoms with van der Waals surface area (Å²) in [5.74, 6) is 0.266. The maximum atomic E-state index is 12.7. The first-order valence-corrected chi connectivity index (χ1v) is 9.96. The summed E-state index contributed by atoms with van der Waals surface area (Å²) < 4.78 is 38.9. The van der Waals surface area contributed by atoms with Gasteiger partial charge in [-0.1, -0.05) is 26.0 Å². The number of amides is 1. The molecule has 0 spiro atoms. The zero-order valence-electron chi connectivity index (χ0n) is 15.7. The Morgan fingerprint density at radius 3 is 2.50 bits per heavy atom. The fourth-order valence-corrected chi connectivity index (χ4v) is 3.76. The van der Waals surface area contributed by atoms with E-state index in [9.17, 15) is 18.0 Å². The monoisotopic (exact) mass is 454 g/mol. The van der Waals surface area contributed by atoms with Crippen molar-refractivity contribution < 1.29 is 18.0 Å². The third-order valence-electron chi connectivity index (χ3n) is 4.68. The number of anilines is 2. The molecule has 1 amide bonds. The molecule has 0 radical (unpaired) electrons. The number of hydrogen-bond donors (Lipinski definition) is 1. The van der Waals surface area contributed by atoms with Crippen molar-refractivity contribution in [3.8, 4) is 0 Å². The minimum atomic E-state index is -4.32. The van der Waals surface area contributed by atoms with E-state index in [0.717, 1.165) is 52.1 Å². The van der Waals surface area contributed by atoms with Crippen LogP contribution in [0.1, 0.15) is 37.0 Å². The molecular formula is C21H22BrF3N2O. The van der Waals surface area contributed by atoms with E-state index in [1.165, 1.54) is 12.1 Å². The maximum absolute atomic E-state index is 12.7. The molecule has 0 aromatic heterocycles. The van der Waals surface area contributed by atoms with Crippen LogP contribution in [0.2, 0.25) is 0 Å². The Balaban J connectivity index is 1.73. The van der Waals surface area contributed by atoms with Crippen LogP contribution >= 0.6 is 15.9 Å². The molecular weight excluding hydrogens is 433 g/mol. The third kappa shape index (κ3) is 4.87. The van der Waals surface area contributed by atoms with Gasteiger partial charge in [-0.15, -0.1) is 0 Å². The van der Waals surface area contributed by atoms with E-state index in [1.54, 1.807) is 0 Å². The van der Waals surface area contributed by atoms with Gasteiger partial charge in [0.05, 0.1) is 11.3 Å². The molecule has 1 aliphatic heterocycles. The van der Waals surface area contributed by atoms with Gasteiger partial charge in [-0.25, -0.2) is 0 Å². The minimum Gasteiger partial charge on any atom is -0.367 e. The van der Waals surface area contributed by atoms with E-state index in [4.69, 9.17) is 0 Å². The highest BCUT2D eigenvalue weighted by Crippen LogP contribution is 2.37. The quantitative estimate of drug-likeness (QED) is 0.599. The molecule has 0 saturated heterocycles. The van der Waals surface area contributed by atoms with Crippen LogP contribution in [0.3, 0.4) is 0 Å². The third-order valence-corrected chi connectivity index (χ3v) is 5.34. The van der Waals surface area contributed by atoms with Crippen molar-refractivity contribution in [3.05, 3.63) is 57.6 Å². The SMILES string of the molecule is CC(C)CC(=O)Nc1cc2c(cc1Br)N(Cc1ccc(C(F)(F)F)cc1)CC2. The molecule has 1 aliphatic rings. The van der Waals surface area contributed by atoms with Crippen molar-refractivity contribution in [1.82, 2.24) is 0 Å². The Kier molecular flexibility index (Phi) is 6.03. The summed E-state index contributed by atoms with van der Waals surface area (Å²) in [7, 11) is 0. The molecule has 0 saturated carbocycles. The van der Waals surface area contributed by atoms with E-state index >= 15 is 0 Å².